The van der Waals surface area contributed by atoms with Gasteiger partial charge < -0.3 is 20.5 Å². The number of hydrogen-bond acceptors (Lipinski definition) is 5. The van der Waals surface area contributed by atoms with Gasteiger partial charge in [0.15, 0.2) is 0 Å². The summed E-state index contributed by atoms with van der Waals surface area (Å²) in [6, 6.07) is 18.1. The summed E-state index contributed by atoms with van der Waals surface area (Å²) in [7, 11) is 0. The van der Waals surface area contributed by atoms with E-state index in [9.17, 15) is 23.5 Å². The molecule has 0 bridgehead atoms. The highest BCUT2D eigenvalue weighted by atomic mass is 19.1. The Kier molecular flexibility index (Phi) is 10.2. The highest BCUT2D eigenvalue weighted by Crippen LogP contribution is 2.21. The number of ether oxygens (including phenoxy) is 1. The third-order valence-electron chi connectivity index (χ3n) is 6.99. The van der Waals surface area contributed by atoms with Gasteiger partial charge in [-0.15, -0.1) is 0 Å². The largest absolute Gasteiger partial charge is 0.415 e. The van der Waals surface area contributed by atoms with Crippen LogP contribution in [0, 0.1) is 11.6 Å². The highest BCUT2D eigenvalue weighted by molar-refractivity contribution is 5.87. The molecule has 1 unspecified atom stereocenters. The van der Waals surface area contributed by atoms with Gasteiger partial charge in [-0.05, 0) is 66.6 Å². The summed E-state index contributed by atoms with van der Waals surface area (Å²) in [5.41, 5.74) is 2.55. The summed E-state index contributed by atoms with van der Waals surface area (Å²) in [4.78, 5) is 27.6. The van der Waals surface area contributed by atoms with Crippen molar-refractivity contribution in [1.29, 1.82) is 0 Å². The second-order valence-corrected chi connectivity index (χ2v) is 10.0. The zero-order chi connectivity index (χ0) is 28.5. The molecule has 1 aliphatic heterocycles. The summed E-state index contributed by atoms with van der Waals surface area (Å²) in [6.07, 6.45) is 0.239. The fourth-order valence-corrected chi connectivity index (χ4v) is 4.92. The number of halogens is 2. The molecule has 0 radical (unpaired) electrons. The van der Waals surface area contributed by atoms with E-state index >= 15 is 0 Å². The number of nitrogens with one attached hydrogen (secondary N) is 2. The van der Waals surface area contributed by atoms with Crippen LogP contribution in [0.4, 0.5) is 13.6 Å². The van der Waals surface area contributed by atoms with Crippen LogP contribution in [0.3, 0.4) is 0 Å². The molecule has 1 aliphatic rings. The molecule has 1 heterocycles. The third-order valence-corrected chi connectivity index (χ3v) is 6.99. The predicted octanol–water partition coefficient (Wildman–Crippen LogP) is 4.37. The SMILES string of the molecule is CCc1cccc(CNC[C@H](O)[C@@H](Cc2cc(F)cc(F)c2)NC(=O)C2CCCN2C(=O)Oc2ccccc2)c1. The highest BCUT2D eigenvalue weighted by Gasteiger charge is 2.37. The number of benzene rings is 3. The van der Waals surface area contributed by atoms with Gasteiger partial charge in [0.05, 0.1) is 12.1 Å². The molecule has 0 aliphatic carbocycles. The van der Waals surface area contributed by atoms with E-state index in [1.807, 2.05) is 18.2 Å². The van der Waals surface area contributed by atoms with Crippen molar-refractivity contribution >= 4 is 12.0 Å². The quantitative estimate of drug-likeness (QED) is 0.329. The monoisotopic (exact) mass is 551 g/mol. The lowest BCUT2D eigenvalue weighted by Gasteiger charge is -2.29. The van der Waals surface area contributed by atoms with Crippen LogP contribution in [-0.4, -0.2) is 53.3 Å². The molecule has 2 amide bonds. The number of aliphatic hydroxyl groups excluding tert-OH is 1. The van der Waals surface area contributed by atoms with Crippen molar-refractivity contribution in [2.24, 2.45) is 0 Å². The molecule has 3 aromatic rings. The first-order chi connectivity index (χ1) is 19.3. The summed E-state index contributed by atoms with van der Waals surface area (Å²) < 4.78 is 33.2. The van der Waals surface area contributed by atoms with Crippen LogP contribution in [0.1, 0.15) is 36.5 Å². The Balaban J connectivity index is 1.43. The van der Waals surface area contributed by atoms with Crippen molar-refractivity contribution in [3.8, 4) is 5.75 Å². The molecule has 3 N–H and O–H groups in total. The first-order valence-corrected chi connectivity index (χ1v) is 13.6. The zero-order valence-corrected chi connectivity index (χ0v) is 22.5. The summed E-state index contributed by atoms with van der Waals surface area (Å²) >= 11 is 0. The van der Waals surface area contributed by atoms with Crippen LogP contribution in [0.25, 0.3) is 0 Å². The second kappa shape index (κ2) is 14.0. The molecule has 0 spiro atoms. The van der Waals surface area contributed by atoms with Crippen molar-refractivity contribution in [2.75, 3.05) is 13.1 Å². The lowest BCUT2D eigenvalue weighted by molar-refractivity contribution is -0.126. The third kappa shape index (κ3) is 8.09. The van der Waals surface area contributed by atoms with Crippen molar-refractivity contribution in [2.45, 2.75) is 57.3 Å². The van der Waals surface area contributed by atoms with Crippen molar-refractivity contribution < 1.29 is 28.2 Å². The number of hydrogen-bond donors (Lipinski definition) is 3. The molecule has 3 atom stereocenters. The van der Waals surface area contributed by atoms with E-state index in [-0.39, 0.29) is 13.0 Å². The number of aliphatic hydroxyl groups is 1. The number of likely N-dealkylation sites (tertiary alicyclic amines) is 1. The molecule has 3 aromatic carbocycles. The smallest absolute Gasteiger partial charge is 0.410 e. The fourth-order valence-electron chi connectivity index (χ4n) is 4.92. The topological polar surface area (TPSA) is 90.9 Å². The maximum atomic E-state index is 13.9. The van der Waals surface area contributed by atoms with Crippen LogP contribution >= 0.6 is 0 Å². The van der Waals surface area contributed by atoms with Crippen LogP contribution in [0.2, 0.25) is 0 Å². The minimum absolute atomic E-state index is 0.00420. The van der Waals surface area contributed by atoms with Crippen molar-refractivity contribution in [3.63, 3.8) is 0 Å². The van der Waals surface area contributed by atoms with Crippen molar-refractivity contribution in [3.05, 3.63) is 101 Å². The Morgan fingerprint density at radius 3 is 2.45 bits per heavy atom. The van der Waals surface area contributed by atoms with Gasteiger partial charge >= 0.3 is 6.09 Å². The lowest BCUT2D eigenvalue weighted by Crippen LogP contribution is -2.54. The minimum Gasteiger partial charge on any atom is -0.410 e. The van der Waals surface area contributed by atoms with Crippen molar-refractivity contribution in [1.82, 2.24) is 15.5 Å². The van der Waals surface area contributed by atoms with E-state index in [0.717, 1.165) is 18.1 Å². The number of carbonyl (C=O) groups is 2. The van der Waals surface area contributed by atoms with E-state index in [1.54, 1.807) is 30.3 Å². The first kappa shape index (κ1) is 29.2. The summed E-state index contributed by atoms with van der Waals surface area (Å²) in [5, 5.41) is 17.1. The van der Waals surface area contributed by atoms with Crippen LogP contribution in [0.5, 0.6) is 5.75 Å². The number of carbonyl (C=O) groups excluding carboxylic acids is 2. The van der Waals surface area contributed by atoms with Gasteiger partial charge in [-0.3, -0.25) is 9.69 Å². The average Bonchev–Trinajstić information content (AvgIpc) is 3.43. The molecular formula is C31H35F2N3O4. The Bertz CT molecular complexity index is 1270. The van der Waals surface area contributed by atoms with Crippen LogP contribution in [0.15, 0.2) is 72.8 Å². The Hall–Kier alpha value is -3.82. The van der Waals surface area contributed by atoms with Gasteiger partial charge in [-0.1, -0.05) is 49.4 Å². The normalized spacial score (nSPS) is 16.4. The van der Waals surface area contributed by atoms with E-state index in [1.165, 1.54) is 22.6 Å². The Labute approximate surface area is 233 Å². The Morgan fingerprint density at radius 1 is 1.00 bits per heavy atom. The zero-order valence-electron chi connectivity index (χ0n) is 22.5. The molecule has 9 heteroatoms. The lowest BCUT2D eigenvalue weighted by atomic mass is 9.99. The van der Waals surface area contributed by atoms with Gasteiger partial charge in [0.25, 0.3) is 0 Å². The molecule has 7 nitrogen and oxygen atoms in total. The Morgan fingerprint density at radius 2 is 1.73 bits per heavy atom. The fraction of sp³-hybridized carbons (Fsp3) is 0.355. The number of para-hydroxylation sites is 1. The van der Waals surface area contributed by atoms with Gasteiger partial charge in [-0.2, -0.15) is 0 Å². The average molecular weight is 552 g/mol. The van der Waals surface area contributed by atoms with Gasteiger partial charge in [-0.25, -0.2) is 13.6 Å². The van der Waals surface area contributed by atoms with E-state index in [0.29, 0.717) is 37.2 Å². The number of rotatable bonds is 11. The van der Waals surface area contributed by atoms with Crippen LogP contribution < -0.4 is 15.4 Å². The minimum atomic E-state index is -1.07. The van der Waals surface area contributed by atoms with Gasteiger partial charge in [0.1, 0.15) is 23.4 Å². The van der Waals surface area contributed by atoms with E-state index in [4.69, 9.17) is 4.74 Å². The number of aryl methyl sites for hydroxylation is 1. The maximum Gasteiger partial charge on any atom is 0.415 e. The molecule has 40 heavy (non-hydrogen) atoms. The van der Waals surface area contributed by atoms with Gasteiger partial charge in [0, 0.05) is 25.7 Å². The first-order valence-electron chi connectivity index (χ1n) is 13.6. The maximum absolute atomic E-state index is 13.9. The molecule has 0 saturated carbocycles. The second-order valence-electron chi connectivity index (χ2n) is 10.0. The summed E-state index contributed by atoms with van der Waals surface area (Å²) in [6.45, 7) is 3.06. The molecule has 4 rings (SSSR count). The van der Waals surface area contributed by atoms with E-state index in [2.05, 4.69) is 23.6 Å². The van der Waals surface area contributed by atoms with E-state index < -0.39 is 41.8 Å². The molecule has 1 saturated heterocycles. The molecule has 1 fully saturated rings. The number of nitrogens with zero attached hydrogens (tertiary/aromatic N) is 1. The standard InChI is InChI=1S/C31H35F2N3O4/c1-2-21-8-6-9-22(14-21)19-34-20-29(37)27(17-23-15-24(32)18-25(33)16-23)35-30(38)28-12-7-13-36(28)31(39)40-26-10-4-3-5-11-26/h3-6,8-11,14-16,18,27-29,34,37H,2,7,12-13,17,19-20H2,1H3,(H,35,38)/t27-,28?,29+/m1/s1. The van der Waals surface area contributed by atoms with Gasteiger partial charge in [0.2, 0.25) is 5.91 Å². The predicted molar refractivity (Wildman–Crippen MR) is 148 cm³/mol. The number of amides is 2. The summed E-state index contributed by atoms with van der Waals surface area (Å²) in [5.74, 6) is -1.57. The molecule has 0 aromatic heterocycles. The van der Waals surface area contributed by atoms with Crippen LogP contribution in [-0.2, 0) is 24.2 Å². The molecule has 212 valence electrons. The molecular weight excluding hydrogens is 516 g/mol.